The molecule has 2 aromatic carbocycles. The van der Waals surface area contributed by atoms with Crippen LogP contribution in [0.5, 0.6) is 5.75 Å². The monoisotopic (exact) mass is 335 g/mol. The van der Waals surface area contributed by atoms with Crippen LogP contribution in [0.1, 0.15) is 35.2 Å². The normalized spacial score (nSPS) is 15.6. The molecule has 0 saturated heterocycles. The third-order valence-corrected chi connectivity index (χ3v) is 5.26. The van der Waals surface area contributed by atoms with Crippen molar-refractivity contribution in [2.45, 2.75) is 33.4 Å². The van der Waals surface area contributed by atoms with E-state index in [1.807, 2.05) is 37.3 Å². The van der Waals surface area contributed by atoms with Crippen LogP contribution < -0.4 is 10.4 Å². The van der Waals surface area contributed by atoms with E-state index < -0.39 is 0 Å². The molecule has 0 aliphatic carbocycles. The Morgan fingerprint density at radius 1 is 1.04 bits per heavy atom. The highest BCUT2D eigenvalue weighted by molar-refractivity contribution is 5.85. The lowest BCUT2D eigenvalue weighted by atomic mass is 10.0. The zero-order valence-corrected chi connectivity index (χ0v) is 14.7. The van der Waals surface area contributed by atoms with Gasteiger partial charge in [-0.15, -0.1) is 0 Å². The summed E-state index contributed by atoms with van der Waals surface area (Å²) in [5.74, 6) is 0.801. The van der Waals surface area contributed by atoms with Gasteiger partial charge in [-0.25, -0.2) is 4.79 Å². The van der Waals surface area contributed by atoms with Crippen molar-refractivity contribution < 1.29 is 9.15 Å². The van der Waals surface area contributed by atoms with Gasteiger partial charge in [-0.2, -0.15) is 0 Å². The summed E-state index contributed by atoms with van der Waals surface area (Å²) < 4.78 is 11.6. The molecule has 4 heteroatoms. The van der Waals surface area contributed by atoms with Gasteiger partial charge < -0.3 is 9.15 Å². The average molecular weight is 335 g/mol. The van der Waals surface area contributed by atoms with Gasteiger partial charge in [0.1, 0.15) is 18.1 Å². The molecular formula is C21H21NO3. The van der Waals surface area contributed by atoms with Gasteiger partial charge in [-0.05, 0) is 44.0 Å². The Morgan fingerprint density at radius 2 is 1.80 bits per heavy atom. The molecule has 3 aromatic rings. The van der Waals surface area contributed by atoms with Gasteiger partial charge in [0.25, 0.3) is 0 Å². The van der Waals surface area contributed by atoms with Crippen molar-refractivity contribution in [2.24, 2.45) is 0 Å². The lowest BCUT2D eigenvalue weighted by Crippen LogP contribution is -2.34. The first-order valence-electron chi connectivity index (χ1n) is 8.54. The average Bonchev–Trinajstić information content (AvgIpc) is 2.66. The van der Waals surface area contributed by atoms with Crippen LogP contribution in [-0.4, -0.2) is 11.6 Å². The molecule has 0 saturated carbocycles. The standard InChI is InChI=1S/C21H21NO3/c1-13-14(2)21(23)25-20-17(13)9-10-19-18(20)11-22(12-24-19)15(3)16-7-5-4-6-8-16/h4-10,15H,11-12H2,1-3H3/t15-/m0/s1. The van der Waals surface area contributed by atoms with Gasteiger partial charge in [0.05, 0.1) is 5.56 Å². The lowest BCUT2D eigenvalue weighted by Gasteiger charge is -2.34. The maximum absolute atomic E-state index is 12.2. The molecule has 4 rings (SSSR count). The lowest BCUT2D eigenvalue weighted by molar-refractivity contribution is 0.0620. The minimum absolute atomic E-state index is 0.211. The van der Waals surface area contributed by atoms with E-state index in [2.05, 4.69) is 24.0 Å². The zero-order chi connectivity index (χ0) is 17.6. The fourth-order valence-electron chi connectivity index (χ4n) is 3.42. The predicted molar refractivity (Wildman–Crippen MR) is 97.9 cm³/mol. The maximum atomic E-state index is 12.2. The van der Waals surface area contributed by atoms with Gasteiger partial charge in [0, 0.05) is 23.5 Å². The zero-order valence-electron chi connectivity index (χ0n) is 14.7. The quantitative estimate of drug-likeness (QED) is 0.654. The summed E-state index contributed by atoms with van der Waals surface area (Å²) in [5, 5.41) is 0.980. The number of hydrogen-bond acceptors (Lipinski definition) is 4. The van der Waals surface area contributed by atoms with Gasteiger partial charge in [-0.1, -0.05) is 30.3 Å². The van der Waals surface area contributed by atoms with E-state index in [9.17, 15) is 4.79 Å². The number of benzene rings is 2. The Bertz CT molecular complexity index is 991. The Balaban J connectivity index is 1.78. The van der Waals surface area contributed by atoms with Crippen molar-refractivity contribution in [2.75, 3.05) is 6.73 Å². The molecule has 2 heterocycles. The van der Waals surface area contributed by atoms with E-state index in [-0.39, 0.29) is 11.7 Å². The molecule has 0 unspecified atom stereocenters. The highest BCUT2D eigenvalue weighted by atomic mass is 16.5. The largest absolute Gasteiger partial charge is 0.478 e. The van der Waals surface area contributed by atoms with Crippen molar-refractivity contribution in [1.82, 2.24) is 4.90 Å². The molecule has 1 atom stereocenters. The summed E-state index contributed by atoms with van der Waals surface area (Å²) >= 11 is 0. The first-order chi connectivity index (χ1) is 12.1. The van der Waals surface area contributed by atoms with Gasteiger partial charge in [-0.3, -0.25) is 4.90 Å². The van der Waals surface area contributed by atoms with Crippen LogP contribution >= 0.6 is 0 Å². The summed E-state index contributed by atoms with van der Waals surface area (Å²) in [5.41, 5.74) is 4.21. The fourth-order valence-corrected chi connectivity index (χ4v) is 3.42. The Kier molecular flexibility index (Phi) is 3.85. The van der Waals surface area contributed by atoms with Crippen LogP contribution in [0.3, 0.4) is 0 Å². The summed E-state index contributed by atoms with van der Waals surface area (Å²) in [4.78, 5) is 14.4. The minimum atomic E-state index is -0.272. The number of nitrogens with zero attached hydrogens (tertiary/aromatic N) is 1. The molecule has 128 valence electrons. The van der Waals surface area contributed by atoms with Gasteiger partial charge >= 0.3 is 5.63 Å². The van der Waals surface area contributed by atoms with Crippen LogP contribution in [0.4, 0.5) is 0 Å². The summed E-state index contributed by atoms with van der Waals surface area (Å²) in [6.45, 7) is 7.15. The second kappa shape index (κ2) is 6.05. The summed E-state index contributed by atoms with van der Waals surface area (Å²) in [6.07, 6.45) is 0. The smallest absolute Gasteiger partial charge is 0.339 e. The third-order valence-electron chi connectivity index (χ3n) is 5.26. The van der Waals surface area contributed by atoms with Crippen LogP contribution in [0.2, 0.25) is 0 Å². The van der Waals surface area contributed by atoms with Crippen molar-refractivity contribution in [1.29, 1.82) is 0 Å². The number of rotatable bonds is 2. The molecule has 0 radical (unpaired) electrons. The highest BCUT2D eigenvalue weighted by Crippen LogP contribution is 2.36. The molecule has 0 bridgehead atoms. The molecule has 0 spiro atoms. The SMILES string of the molecule is Cc1c(C)c2ccc3c(c2oc1=O)CN([C@@H](C)c1ccccc1)CO3. The second-order valence-corrected chi connectivity index (χ2v) is 6.67. The number of fused-ring (bicyclic) bond motifs is 3. The molecule has 25 heavy (non-hydrogen) atoms. The Morgan fingerprint density at radius 3 is 2.56 bits per heavy atom. The molecule has 0 fully saturated rings. The molecule has 0 amide bonds. The second-order valence-electron chi connectivity index (χ2n) is 6.67. The Hall–Kier alpha value is -2.59. The number of aryl methyl sites for hydroxylation is 1. The first-order valence-corrected chi connectivity index (χ1v) is 8.54. The molecule has 0 N–H and O–H groups in total. The van der Waals surface area contributed by atoms with Gasteiger partial charge in [0.15, 0.2) is 0 Å². The number of ether oxygens (including phenoxy) is 1. The number of hydrogen-bond donors (Lipinski definition) is 0. The molecule has 1 aliphatic heterocycles. The van der Waals surface area contributed by atoms with Crippen molar-refractivity contribution in [3.05, 3.63) is 75.1 Å². The van der Waals surface area contributed by atoms with E-state index in [4.69, 9.17) is 9.15 Å². The maximum Gasteiger partial charge on any atom is 0.339 e. The summed E-state index contributed by atoms with van der Waals surface area (Å²) in [7, 11) is 0. The Labute approximate surface area is 146 Å². The fraction of sp³-hybridized carbons (Fsp3) is 0.286. The van der Waals surface area contributed by atoms with Crippen molar-refractivity contribution >= 4 is 11.0 Å². The van der Waals surface area contributed by atoms with E-state index >= 15 is 0 Å². The third kappa shape index (κ3) is 2.63. The molecule has 1 aliphatic rings. The highest BCUT2D eigenvalue weighted by Gasteiger charge is 2.26. The van der Waals surface area contributed by atoms with Gasteiger partial charge in [0.2, 0.25) is 0 Å². The van der Waals surface area contributed by atoms with Crippen molar-refractivity contribution in [3.63, 3.8) is 0 Å². The van der Waals surface area contributed by atoms with Crippen LogP contribution in [0.15, 0.2) is 51.7 Å². The molecular weight excluding hydrogens is 314 g/mol. The van der Waals surface area contributed by atoms with E-state index in [0.29, 0.717) is 24.4 Å². The minimum Gasteiger partial charge on any atom is -0.478 e. The van der Waals surface area contributed by atoms with E-state index in [1.165, 1.54) is 5.56 Å². The van der Waals surface area contributed by atoms with Crippen LogP contribution in [0, 0.1) is 13.8 Å². The van der Waals surface area contributed by atoms with E-state index in [0.717, 1.165) is 22.3 Å². The van der Waals surface area contributed by atoms with Crippen molar-refractivity contribution in [3.8, 4) is 5.75 Å². The van der Waals surface area contributed by atoms with Crippen LogP contribution in [0.25, 0.3) is 11.0 Å². The van der Waals surface area contributed by atoms with E-state index in [1.54, 1.807) is 6.92 Å². The predicted octanol–water partition coefficient (Wildman–Crippen LogP) is 4.32. The molecule has 1 aromatic heterocycles. The topological polar surface area (TPSA) is 42.7 Å². The van der Waals surface area contributed by atoms with Crippen LogP contribution in [-0.2, 0) is 6.54 Å². The first kappa shape index (κ1) is 15.9. The summed E-state index contributed by atoms with van der Waals surface area (Å²) in [6, 6.07) is 14.5. The molecule has 4 nitrogen and oxygen atoms in total.